The zero-order chi connectivity index (χ0) is 40.5. The number of nitrogens with zero attached hydrogens (tertiary/aromatic N) is 4. The summed E-state index contributed by atoms with van der Waals surface area (Å²) in [5.74, 6) is 0.995. The number of para-hydroxylation sites is 3. The minimum atomic E-state index is -0.341. The van der Waals surface area contributed by atoms with Crippen molar-refractivity contribution < 1.29 is 9.90 Å². The van der Waals surface area contributed by atoms with E-state index in [0.717, 1.165) is 55.3 Å². The van der Waals surface area contributed by atoms with Crippen LogP contribution < -0.4 is 0 Å². The molecule has 0 bridgehead atoms. The third-order valence-electron chi connectivity index (χ3n) is 10.4. The second-order valence-electron chi connectivity index (χ2n) is 13.7. The maximum Gasteiger partial charge on any atom is 0.238 e. The van der Waals surface area contributed by atoms with Crippen LogP contribution in [0.4, 0.5) is 0 Å². The highest BCUT2D eigenvalue weighted by molar-refractivity contribution is 6.13. The number of hydrogen-bond acceptors (Lipinski definition) is 4. The van der Waals surface area contributed by atoms with Crippen molar-refractivity contribution in [3.8, 4) is 62.1 Å². The normalized spacial score (nSPS) is 12.6. The monoisotopic (exact) mass is 720 g/mol. The lowest BCUT2D eigenvalue weighted by Gasteiger charge is -2.13. The highest BCUT2D eigenvalue weighted by Crippen LogP contribution is 2.39. The van der Waals surface area contributed by atoms with Crippen LogP contribution in [-0.2, 0) is 0 Å². The Balaban J connectivity index is 1.19. The summed E-state index contributed by atoms with van der Waals surface area (Å²) in [7, 11) is 0. The Morgan fingerprint density at radius 2 is 0.964 bits per heavy atom. The third kappa shape index (κ3) is 5.37. The summed E-state index contributed by atoms with van der Waals surface area (Å²) >= 11 is 0. The van der Waals surface area contributed by atoms with Gasteiger partial charge >= 0.3 is 0 Å². The lowest BCUT2D eigenvalue weighted by atomic mass is 9.98. The van der Waals surface area contributed by atoms with Gasteiger partial charge in [-0.2, -0.15) is 9.97 Å². The maximum atomic E-state index is 9.34. The van der Waals surface area contributed by atoms with Crippen molar-refractivity contribution in [3.63, 3.8) is 0 Å². The molecule has 0 saturated carbocycles. The quantitative estimate of drug-likeness (QED) is 0.172. The molecule has 8 aromatic carbocycles. The number of hydrogen-bond donors (Lipinski definition) is 0. The van der Waals surface area contributed by atoms with Crippen LogP contribution in [0.3, 0.4) is 0 Å². The number of furan rings is 1. The van der Waals surface area contributed by atoms with Gasteiger partial charge in [-0.05, 0) is 52.1 Å². The van der Waals surface area contributed by atoms with Gasteiger partial charge in [0.2, 0.25) is 5.95 Å². The second kappa shape index (κ2) is 13.0. The molecule has 3 aromatic heterocycles. The zero-order valence-electron chi connectivity index (χ0n) is 33.9. The molecular weight excluding hydrogens is 685 g/mol. The van der Waals surface area contributed by atoms with Crippen molar-refractivity contribution in [1.29, 1.82) is 0 Å². The van der Waals surface area contributed by atoms with Crippen molar-refractivity contribution >= 4 is 43.7 Å². The molecule has 0 atom stereocenters. The van der Waals surface area contributed by atoms with Crippen LogP contribution in [0.15, 0.2) is 198 Å². The van der Waals surface area contributed by atoms with E-state index in [4.69, 9.17) is 22.1 Å². The van der Waals surface area contributed by atoms with Gasteiger partial charge in [-0.25, -0.2) is 4.98 Å². The van der Waals surface area contributed by atoms with Gasteiger partial charge in [-0.1, -0.05) is 170 Å². The SMILES string of the molecule is [2H]c1c([2H])c([2H])c2c(c1[2H])c1cccc(-c3ccc(-c4ccccc4)cc3)c1n2-c1nc(-c2ccc(-c3ccccc3)cc2)nc(-c2ccc3c(c2)oc2ccccc23)n1. The van der Waals surface area contributed by atoms with Gasteiger partial charge in [-0.3, -0.25) is 4.57 Å². The summed E-state index contributed by atoms with van der Waals surface area (Å²) in [5, 5.41) is 3.03. The molecule has 0 N–H and O–H groups in total. The van der Waals surface area contributed by atoms with E-state index in [9.17, 15) is 2.74 Å². The van der Waals surface area contributed by atoms with Gasteiger partial charge in [0.05, 0.1) is 16.5 Å². The van der Waals surface area contributed by atoms with Crippen molar-refractivity contribution in [2.24, 2.45) is 0 Å². The largest absolute Gasteiger partial charge is 0.456 e. The van der Waals surface area contributed by atoms with Gasteiger partial charge in [0.25, 0.3) is 0 Å². The third-order valence-corrected chi connectivity index (χ3v) is 10.4. The Bertz CT molecular complexity index is 3460. The molecule has 262 valence electrons. The molecule has 0 aliphatic heterocycles. The van der Waals surface area contributed by atoms with Crippen LogP contribution in [-0.4, -0.2) is 19.5 Å². The second-order valence-corrected chi connectivity index (χ2v) is 13.7. The molecule has 11 aromatic rings. The van der Waals surface area contributed by atoms with E-state index in [1.54, 1.807) is 4.57 Å². The molecular formula is C51H32N4O. The Morgan fingerprint density at radius 1 is 0.411 bits per heavy atom. The van der Waals surface area contributed by atoms with Crippen LogP contribution in [0.2, 0.25) is 0 Å². The molecule has 0 radical (unpaired) electrons. The van der Waals surface area contributed by atoms with E-state index < -0.39 is 0 Å². The molecule has 0 aliphatic carbocycles. The number of aromatic nitrogens is 4. The molecule has 56 heavy (non-hydrogen) atoms. The summed E-state index contributed by atoms with van der Waals surface area (Å²) in [6, 6.07) is 55.4. The Kier molecular flexibility index (Phi) is 6.50. The van der Waals surface area contributed by atoms with Crippen molar-refractivity contribution in [1.82, 2.24) is 19.5 Å². The van der Waals surface area contributed by atoms with E-state index >= 15 is 0 Å². The van der Waals surface area contributed by atoms with Gasteiger partial charge in [-0.15, -0.1) is 0 Å². The number of fused-ring (bicyclic) bond motifs is 6. The highest BCUT2D eigenvalue weighted by atomic mass is 16.3. The Labute approximate surface area is 328 Å². The summed E-state index contributed by atoms with van der Waals surface area (Å²) in [6.45, 7) is 0. The number of rotatable bonds is 6. The van der Waals surface area contributed by atoms with Crippen molar-refractivity contribution in [2.45, 2.75) is 0 Å². The van der Waals surface area contributed by atoms with Crippen LogP contribution in [0.5, 0.6) is 0 Å². The molecule has 0 spiro atoms. The smallest absolute Gasteiger partial charge is 0.238 e. The lowest BCUT2D eigenvalue weighted by molar-refractivity contribution is 0.669. The first-order valence-electron chi connectivity index (χ1n) is 20.4. The van der Waals surface area contributed by atoms with Gasteiger partial charge in [0, 0.05) is 38.2 Å². The zero-order valence-corrected chi connectivity index (χ0v) is 29.9. The minimum Gasteiger partial charge on any atom is -0.456 e. The molecule has 0 amide bonds. The van der Waals surface area contributed by atoms with E-state index in [2.05, 4.69) is 48.5 Å². The average Bonchev–Trinajstić information content (AvgIpc) is 3.87. The summed E-state index contributed by atoms with van der Waals surface area (Å²) < 4.78 is 44.1. The minimum absolute atomic E-state index is 0.132. The summed E-state index contributed by atoms with van der Waals surface area (Å²) in [5.41, 5.74) is 9.88. The van der Waals surface area contributed by atoms with E-state index in [1.165, 1.54) is 0 Å². The van der Waals surface area contributed by atoms with Crippen LogP contribution in [0.25, 0.3) is 106 Å². The standard InChI is InChI=1S/C51H32N4O/c1-3-12-33(13-4-1)35-22-26-37(27-23-35)40-18-11-19-44-41-16-7-9-20-45(41)55(48(40)44)51-53-49(38-28-24-36(25-29-38)34-14-5-2-6-15-34)52-50(54-51)39-30-31-43-42-17-8-10-21-46(42)56-47(43)32-39/h1-32H/i7D,9D,16D,20D. The summed E-state index contributed by atoms with van der Waals surface area (Å²) in [4.78, 5) is 15.4. The average molecular weight is 721 g/mol. The highest BCUT2D eigenvalue weighted by Gasteiger charge is 2.21. The molecule has 0 aliphatic rings. The van der Waals surface area contributed by atoms with Crippen LogP contribution in [0.1, 0.15) is 5.48 Å². The van der Waals surface area contributed by atoms with Crippen molar-refractivity contribution in [2.75, 3.05) is 0 Å². The molecule has 0 unspecified atom stereocenters. The topological polar surface area (TPSA) is 56.7 Å². The number of benzene rings is 8. The fourth-order valence-electron chi connectivity index (χ4n) is 7.70. The molecule has 0 fully saturated rings. The first kappa shape index (κ1) is 27.9. The fraction of sp³-hybridized carbons (Fsp3) is 0. The van der Waals surface area contributed by atoms with Crippen LogP contribution >= 0.6 is 0 Å². The van der Waals surface area contributed by atoms with Crippen LogP contribution in [0, 0.1) is 0 Å². The Morgan fingerprint density at radius 3 is 1.70 bits per heavy atom. The van der Waals surface area contributed by atoms with E-state index in [0.29, 0.717) is 39.1 Å². The first-order valence-corrected chi connectivity index (χ1v) is 18.4. The lowest BCUT2D eigenvalue weighted by Crippen LogP contribution is -2.07. The van der Waals surface area contributed by atoms with E-state index in [-0.39, 0.29) is 35.6 Å². The first-order chi connectivity index (χ1) is 29.4. The maximum absolute atomic E-state index is 9.34. The molecule has 5 heteroatoms. The molecule has 11 rings (SSSR count). The fourth-order valence-corrected chi connectivity index (χ4v) is 7.70. The predicted octanol–water partition coefficient (Wildman–Crippen LogP) is 13.2. The summed E-state index contributed by atoms with van der Waals surface area (Å²) in [6.07, 6.45) is 0. The molecule has 0 saturated heterocycles. The van der Waals surface area contributed by atoms with E-state index in [1.807, 2.05) is 121 Å². The van der Waals surface area contributed by atoms with Gasteiger partial charge in [0.15, 0.2) is 11.6 Å². The Hall–Kier alpha value is -7.63. The predicted molar refractivity (Wildman–Crippen MR) is 229 cm³/mol. The van der Waals surface area contributed by atoms with Crippen molar-refractivity contribution in [3.05, 3.63) is 194 Å². The molecule has 3 heterocycles. The molecule has 5 nitrogen and oxygen atoms in total. The van der Waals surface area contributed by atoms with Gasteiger partial charge in [0.1, 0.15) is 11.2 Å². The van der Waals surface area contributed by atoms with Gasteiger partial charge < -0.3 is 4.42 Å².